The zero-order valence-electron chi connectivity index (χ0n) is 9.70. The molecule has 0 aliphatic heterocycles. The zero-order chi connectivity index (χ0) is 12.5. The molecule has 0 unspecified atom stereocenters. The van der Waals surface area contributed by atoms with Crippen molar-refractivity contribution in [3.8, 4) is 5.75 Å². The molecule has 1 aliphatic rings. The van der Waals surface area contributed by atoms with Gasteiger partial charge in [0.15, 0.2) is 5.78 Å². The summed E-state index contributed by atoms with van der Waals surface area (Å²) < 4.78 is 18.2. The van der Waals surface area contributed by atoms with E-state index in [-0.39, 0.29) is 5.56 Å². The van der Waals surface area contributed by atoms with Crippen LogP contribution in [0, 0.1) is 5.82 Å². The maximum Gasteiger partial charge on any atom is 0.198 e. The molecule has 1 fully saturated rings. The third-order valence-electron chi connectivity index (χ3n) is 3.26. The Morgan fingerprint density at radius 3 is 2.65 bits per heavy atom. The van der Waals surface area contributed by atoms with Gasteiger partial charge in [0.25, 0.3) is 0 Å². The molecule has 1 aliphatic carbocycles. The molecule has 4 heteroatoms. The first-order chi connectivity index (χ1) is 8.07. The van der Waals surface area contributed by atoms with Crippen molar-refractivity contribution in [3.63, 3.8) is 0 Å². The van der Waals surface area contributed by atoms with Crippen molar-refractivity contribution in [2.45, 2.75) is 31.3 Å². The van der Waals surface area contributed by atoms with Crippen LogP contribution in [0.2, 0.25) is 0 Å². The number of ketones is 1. The van der Waals surface area contributed by atoms with Crippen LogP contribution in [0.25, 0.3) is 0 Å². The van der Waals surface area contributed by atoms with Gasteiger partial charge in [-0.1, -0.05) is 0 Å². The van der Waals surface area contributed by atoms with Crippen LogP contribution in [0.1, 0.15) is 36.0 Å². The molecular weight excluding hydrogens is 223 g/mol. The molecule has 17 heavy (non-hydrogen) atoms. The van der Waals surface area contributed by atoms with Crippen LogP contribution in [-0.4, -0.2) is 23.6 Å². The molecule has 1 aromatic carbocycles. The molecule has 0 aromatic heterocycles. The summed E-state index contributed by atoms with van der Waals surface area (Å²) in [6.45, 7) is 0. The van der Waals surface area contributed by atoms with E-state index in [0.717, 1.165) is 18.9 Å². The highest BCUT2D eigenvalue weighted by Gasteiger charge is 2.40. The number of rotatable bonds is 3. The fraction of sp³-hybridized carbons (Fsp3) is 0.462. The quantitative estimate of drug-likeness (QED) is 0.822. The Balaban J connectivity index is 2.39. The van der Waals surface area contributed by atoms with Crippen LogP contribution in [0.4, 0.5) is 4.39 Å². The molecule has 0 saturated heterocycles. The van der Waals surface area contributed by atoms with Gasteiger partial charge in [0.1, 0.15) is 17.2 Å². The minimum Gasteiger partial charge on any atom is -0.496 e. The summed E-state index contributed by atoms with van der Waals surface area (Å²) in [5, 5.41) is 10.2. The van der Waals surface area contributed by atoms with Crippen LogP contribution in [0.15, 0.2) is 18.2 Å². The lowest BCUT2D eigenvalue weighted by Gasteiger charge is -2.21. The van der Waals surface area contributed by atoms with E-state index in [9.17, 15) is 14.3 Å². The third-order valence-corrected chi connectivity index (χ3v) is 3.26. The predicted octanol–water partition coefficient (Wildman–Crippen LogP) is 2.32. The van der Waals surface area contributed by atoms with E-state index >= 15 is 0 Å². The molecule has 0 atom stereocenters. The fourth-order valence-electron chi connectivity index (χ4n) is 2.30. The summed E-state index contributed by atoms with van der Waals surface area (Å²) in [5.41, 5.74) is -1.22. The van der Waals surface area contributed by atoms with E-state index in [4.69, 9.17) is 4.74 Å². The van der Waals surface area contributed by atoms with E-state index in [1.807, 2.05) is 0 Å². The standard InChI is InChI=1S/C13H15FO3/c1-17-11-5-4-9(14)8-10(11)12(15)13(16)6-2-3-7-13/h4-5,8,16H,2-3,6-7H2,1H3. The SMILES string of the molecule is COc1ccc(F)cc1C(=O)C1(O)CCCC1. The van der Waals surface area contributed by atoms with Crippen LogP contribution < -0.4 is 4.74 Å². The lowest BCUT2D eigenvalue weighted by atomic mass is 9.91. The van der Waals surface area contributed by atoms with E-state index in [1.165, 1.54) is 19.2 Å². The number of ether oxygens (including phenoxy) is 1. The molecule has 1 N–H and O–H groups in total. The average molecular weight is 238 g/mol. The summed E-state index contributed by atoms with van der Waals surface area (Å²) in [6, 6.07) is 3.76. The van der Waals surface area contributed by atoms with Crippen molar-refractivity contribution in [2.24, 2.45) is 0 Å². The smallest absolute Gasteiger partial charge is 0.198 e. The normalized spacial score (nSPS) is 18.1. The van der Waals surface area contributed by atoms with Crippen LogP contribution >= 0.6 is 0 Å². The van der Waals surface area contributed by atoms with Crippen molar-refractivity contribution >= 4 is 5.78 Å². The van der Waals surface area contributed by atoms with Gasteiger partial charge in [0.05, 0.1) is 12.7 Å². The Kier molecular flexibility index (Phi) is 3.15. The van der Waals surface area contributed by atoms with Crippen molar-refractivity contribution in [1.82, 2.24) is 0 Å². The molecule has 1 saturated carbocycles. The van der Waals surface area contributed by atoms with E-state index in [1.54, 1.807) is 0 Å². The van der Waals surface area contributed by atoms with Gasteiger partial charge in [-0.3, -0.25) is 4.79 Å². The Hall–Kier alpha value is -1.42. The van der Waals surface area contributed by atoms with Gasteiger partial charge < -0.3 is 9.84 Å². The topological polar surface area (TPSA) is 46.5 Å². The fourth-order valence-corrected chi connectivity index (χ4v) is 2.30. The summed E-state index contributed by atoms with van der Waals surface area (Å²) in [6.07, 6.45) is 2.51. The number of hydrogen-bond donors (Lipinski definition) is 1. The van der Waals surface area contributed by atoms with Gasteiger partial charge in [0, 0.05) is 0 Å². The molecule has 3 nitrogen and oxygen atoms in total. The number of halogens is 1. The van der Waals surface area contributed by atoms with Gasteiger partial charge in [0.2, 0.25) is 0 Å². The molecule has 2 rings (SSSR count). The second kappa shape index (κ2) is 4.45. The average Bonchev–Trinajstić information content (AvgIpc) is 2.76. The monoisotopic (exact) mass is 238 g/mol. The predicted molar refractivity (Wildman–Crippen MR) is 60.7 cm³/mol. The first kappa shape index (κ1) is 12.0. The number of hydrogen-bond acceptors (Lipinski definition) is 3. The van der Waals surface area contributed by atoms with Gasteiger partial charge in [-0.15, -0.1) is 0 Å². The molecule has 0 radical (unpaired) electrons. The number of benzene rings is 1. The Morgan fingerprint density at radius 1 is 1.41 bits per heavy atom. The molecule has 1 aromatic rings. The summed E-state index contributed by atoms with van der Waals surface area (Å²) in [7, 11) is 1.42. The summed E-state index contributed by atoms with van der Waals surface area (Å²) in [4.78, 5) is 12.2. The van der Waals surface area contributed by atoms with Crippen molar-refractivity contribution in [3.05, 3.63) is 29.6 Å². The lowest BCUT2D eigenvalue weighted by molar-refractivity contribution is 0.0350. The maximum atomic E-state index is 13.2. The third kappa shape index (κ3) is 2.17. The number of carbonyl (C=O) groups is 1. The Bertz CT molecular complexity index is 436. The highest BCUT2D eigenvalue weighted by molar-refractivity contribution is 6.04. The molecular formula is C13H15FO3. The van der Waals surface area contributed by atoms with Crippen LogP contribution in [0.5, 0.6) is 5.75 Å². The second-order valence-corrected chi connectivity index (χ2v) is 4.41. The Morgan fingerprint density at radius 2 is 2.06 bits per heavy atom. The Labute approximate surface area is 99.2 Å². The highest BCUT2D eigenvalue weighted by atomic mass is 19.1. The molecule has 0 heterocycles. The van der Waals surface area contributed by atoms with Gasteiger partial charge >= 0.3 is 0 Å². The van der Waals surface area contributed by atoms with Gasteiger partial charge in [-0.05, 0) is 43.9 Å². The first-order valence-corrected chi connectivity index (χ1v) is 5.67. The van der Waals surface area contributed by atoms with Crippen LogP contribution in [-0.2, 0) is 0 Å². The van der Waals surface area contributed by atoms with Crippen LogP contribution in [0.3, 0.4) is 0 Å². The molecule has 0 amide bonds. The van der Waals surface area contributed by atoms with Gasteiger partial charge in [-0.25, -0.2) is 4.39 Å². The van der Waals surface area contributed by atoms with Crippen molar-refractivity contribution in [1.29, 1.82) is 0 Å². The lowest BCUT2D eigenvalue weighted by Crippen LogP contribution is -2.35. The number of Topliss-reactive ketones (excluding diaryl/α,β-unsaturated/α-hetero) is 1. The number of carbonyl (C=O) groups excluding carboxylic acids is 1. The number of aliphatic hydroxyl groups is 1. The van der Waals surface area contributed by atoms with Crippen molar-refractivity contribution < 1.29 is 19.0 Å². The summed E-state index contributed by atoms with van der Waals surface area (Å²) >= 11 is 0. The zero-order valence-corrected chi connectivity index (χ0v) is 9.70. The highest BCUT2D eigenvalue weighted by Crippen LogP contribution is 2.35. The maximum absolute atomic E-state index is 13.2. The molecule has 0 spiro atoms. The first-order valence-electron chi connectivity index (χ1n) is 5.67. The molecule has 92 valence electrons. The van der Waals surface area contributed by atoms with E-state index in [2.05, 4.69) is 0 Å². The minimum atomic E-state index is -1.35. The minimum absolute atomic E-state index is 0.122. The van der Waals surface area contributed by atoms with E-state index < -0.39 is 17.2 Å². The largest absolute Gasteiger partial charge is 0.496 e. The molecule has 0 bridgehead atoms. The summed E-state index contributed by atoms with van der Waals surface area (Å²) in [5.74, 6) is -0.640. The van der Waals surface area contributed by atoms with Gasteiger partial charge in [-0.2, -0.15) is 0 Å². The van der Waals surface area contributed by atoms with E-state index in [0.29, 0.717) is 18.6 Å². The second-order valence-electron chi connectivity index (χ2n) is 4.41. The van der Waals surface area contributed by atoms with Crippen molar-refractivity contribution in [2.75, 3.05) is 7.11 Å². The number of methoxy groups -OCH3 is 1.